The maximum absolute atomic E-state index is 11.8. The molecule has 1 aliphatic heterocycles. The highest BCUT2D eigenvalue weighted by molar-refractivity contribution is 6.18. The molecule has 0 aromatic carbocycles. The molecule has 4 heteroatoms. The Morgan fingerprint density at radius 3 is 2.00 bits per heavy atom. The van der Waals surface area contributed by atoms with Gasteiger partial charge < -0.3 is 5.11 Å². The van der Waals surface area contributed by atoms with Crippen LogP contribution in [-0.2, 0) is 9.59 Å². The zero-order valence-corrected chi connectivity index (χ0v) is 9.75. The van der Waals surface area contributed by atoms with Crippen molar-refractivity contribution >= 4 is 11.8 Å². The fourth-order valence-corrected chi connectivity index (χ4v) is 2.45. The summed E-state index contributed by atoms with van der Waals surface area (Å²) in [5.74, 6) is -0.495. The number of carbonyl (C=O) groups is 2. The van der Waals surface area contributed by atoms with Crippen LogP contribution in [0.3, 0.4) is 0 Å². The van der Waals surface area contributed by atoms with Crippen LogP contribution in [0.25, 0.3) is 0 Å². The van der Waals surface area contributed by atoms with Gasteiger partial charge in [0.15, 0.2) is 0 Å². The largest absolute Gasteiger partial charge is 0.388 e. The van der Waals surface area contributed by atoms with Crippen LogP contribution in [0.5, 0.6) is 0 Å². The fraction of sp³-hybridized carbons (Fsp3) is 0.667. The van der Waals surface area contributed by atoms with E-state index in [4.69, 9.17) is 0 Å². The van der Waals surface area contributed by atoms with Crippen molar-refractivity contribution in [2.75, 3.05) is 6.54 Å². The molecule has 0 saturated heterocycles. The van der Waals surface area contributed by atoms with Gasteiger partial charge in [0.05, 0.1) is 12.1 Å². The van der Waals surface area contributed by atoms with Gasteiger partial charge in [0, 0.05) is 11.1 Å². The van der Waals surface area contributed by atoms with E-state index in [1.54, 1.807) is 13.8 Å². The Morgan fingerprint density at radius 2 is 1.56 bits per heavy atom. The van der Waals surface area contributed by atoms with Crippen molar-refractivity contribution in [2.24, 2.45) is 0 Å². The first kappa shape index (κ1) is 11.3. The lowest BCUT2D eigenvalue weighted by molar-refractivity contribution is -0.141. The zero-order chi connectivity index (χ0) is 11.9. The highest BCUT2D eigenvalue weighted by atomic mass is 16.3. The van der Waals surface area contributed by atoms with Crippen molar-refractivity contribution in [3.05, 3.63) is 11.1 Å². The average Bonchev–Trinajstić information content (AvgIpc) is 2.75. The number of nitrogens with zero attached hydrogens (tertiary/aromatic N) is 1. The molecular formula is C12H17NO3. The van der Waals surface area contributed by atoms with Crippen LogP contribution in [0.4, 0.5) is 0 Å². The molecule has 1 fully saturated rings. The highest BCUT2D eigenvalue weighted by Gasteiger charge is 2.40. The van der Waals surface area contributed by atoms with Gasteiger partial charge in [-0.05, 0) is 26.7 Å². The van der Waals surface area contributed by atoms with Crippen LogP contribution in [0.15, 0.2) is 11.1 Å². The number of hydrogen-bond acceptors (Lipinski definition) is 3. The predicted molar refractivity (Wildman–Crippen MR) is 58.5 cm³/mol. The molecule has 0 aromatic heterocycles. The van der Waals surface area contributed by atoms with Gasteiger partial charge in [-0.25, -0.2) is 0 Å². The number of β-amino-alcohol motifs (C(OH)–C–C–N with tert-alkyl or cyclic N) is 1. The average molecular weight is 223 g/mol. The van der Waals surface area contributed by atoms with Gasteiger partial charge in [-0.15, -0.1) is 0 Å². The van der Waals surface area contributed by atoms with E-state index < -0.39 is 5.60 Å². The van der Waals surface area contributed by atoms with E-state index in [1.165, 1.54) is 4.90 Å². The molecule has 16 heavy (non-hydrogen) atoms. The van der Waals surface area contributed by atoms with Crippen molar-refractivity contribution in [3.63, 3.8) is 0 Å². The summed E-state index contributed by atoms with van der Waals surface area (Å²) in [5, 5.41) is 10.2. The lowest BCUT2D eigenvalue weighted by Gasteiger charge is -2.27. The third-order valence-electron chi connectivity index (χ3n) is 3.68. The lowest BCUT2D eigenvalue weighted by Crippen LogP contribution is -2.44. The lowest BCUT2D eigenvalue weighted by atomic mass is 10.0. The monoisotopic (exact) mass is 223 g/mol. The maximum Gasteiger partial charge on any atom is 0.256 e. The standard InChI is InChI=1S/C12H17NO3/c1-8-9(2)11(15)13(10(8)14)7-12(16)5-3-4-6-12/h16H,3-7H2,1-2H3. The first-order chi connectivity index (χ1) is 7.44. The number of hydrogen-bond donors (Lipinski definition) is 1. The third-order valence-corrected chi connectivity index (χ3v) is 3.68. The molecule has 1 aliphatic carbocycles. The minimum atomic E-state index is -0.851. The van der Waals surface area contributed by atoms with Gasteiger partial charge in [0.25, 0.3) is 11.8 Å². The molecule has 0 radical (unpaired) electrons. The molecule has 4 nitrogen and oxygen atoms in total. The summed E-state index contributed by atoms with van der Waals surface area (Å²) in [6.07, 6.45) is 3.31. The van der Waals surface area contributed by atoms with E-state index in [9.17, 15) is 14.7 Å². The van der Waals surface area contributed by atoms with Crippen LogP contribution in [-0.4, -0.2) is 34.0 Å². The molecule has 1 saturated carbocycles. The van der Waals surface area contributed by atoms with Crippen LogP contribution in [0.2, 0.25) is 0 Å². The Hall–Kier alpha value is -1.16. The Bertz CT molecular complexity index is 354. The maximum atomic E-state index is 11.8. The number of aliphatic hydroxyl groups is 1. The molecule has 1 heterocycles. The quantitative estimate of drug-likeness (QED) is 0.710. The van der Waals surface area contributed by atoms with Gasteiger partial charge in [-0.2, -0.15) is 0 Å². The van der Waals surface area contributed by atoms with Crippen LogP contribution < -0.4 is 0 Å². The number of rotatable bonds is 2. The van der Waals surface area contributed by atoms with Crippen LogP contribution >= 0.6 is 0 Å². The normalized spacial score (nSPS) is 24.8. The van der Waals surface area contributed by atoms with Gasteiger partial charge >= 0.3 is 0 Å². The van der Waals surface area contributed by atoms with E-state index in [0.717, 1.165) is 12.8 Å². The minimum absolute atomic E-state index is 0.152. The van der Waals surface area contributed by atoms with Crippen molar-refractivity contribution in [2.45, 2.75) is 45.1 Å². The second kappa shape index (κ2) is 3.70. The van der Waals surface area contributed by atoms with Crippen LogP contribution in [0, 0.1) is 0 Å². The minimum Gasteiger partial charge on any atom is -0.388 e. The molecule has 2 aliphatic rings. The molecular weight excluding hydrogens is 206 g/mol. The Balaban J connectivity index is 2.13. The molecule has 0 atom stereocenters. The van der Waals surface area contributed by atoms with Gasteiger partial charge in [-0.1, -0.05) is 12.8 Å². The number of amides is 2. The third kappa shape index (κ3) is 1.67. The predicted octanol–water partition coefficient (Wildman–Crippen LogP) is 0.997. The first-order valence-corrected chi connectivity index (χ1v) is 5.71. The summed E-state index contributed by atoms with van der Waals surface area (Å²) in [6, 6.07) is 0. The van der Waals surface area contributed by atoms with Gasteiger partial charge in [0.2, 0.25) is 0 Å². The summed E-state index contributed by atoms with van der Waals surface area (Å²) in [4.78, 5) is 24.8. The van der Waals surface area contributed by atoms with E-state index in [0.29, 0.717) is 24.0 Å². The van der Waals surface area contributed by atoms with E-state index >= 15 is 0 Å². The molecule has 1 N–H and O–H groups in total. The molecule has 0 aromatic rings. The first-order valence-electron chi connectivity index (χ1n) is 5.71. The van der Waals surface area contributed by atoms with Crippen LogP contribution in [0.1, 0.15) is 39.5 Å². The molecule has 0 bridgehead atoms. The van der Waals surface area contributed by atoms with Gasteiger partial charge in [0.1, 0.15) is 0 Å². The zero-order valence-electron chi connectivity index (χ0n) is 9.75. The SMILES string of the molecule is CC1=C(C)C(=O)N(CC2(O)CCCC2)C1=O. The van der Waals surface area contributed by atoms with Gasteiger partial charge in [-0.3, -0.25) is 14.5 Å². The van der Waals surface area contributed by atoms with Crippen molar-refractivity contribution in [1.29, 1.82) is 0 Å². The van der Waals surface area contributed by atoms with Crippen molar-refractivity contribution < 1.29 is 14.7 Å². The van der Waals surface area contributed by atoms with Crippen molar-refractivity contribution in [1.82, 2.24) is 4.90 Å². The Kier molecular flexibility index (Phi) is 2.62. The summed E-state index contributed by atoms with van der Waals surface area (Å²) in [5.41, 5.74) is 0.161. The smallest absolute Gasteiger partial charge is 0.256 e. The molecule has 88 valence electrons. The number of carbonyl (C=O) groups excluding carboxylic acids is 2. The second-order valence-corrected chi connectivity index (χ2v) is 4.88. The van der Waals surface area contributed by atoms with E-state index in [1.807, 2.05) is 0 Å². The summed E-state index contributed by atoms with van der Waals surface area (Å²) >= 11 is 0. The Morgan fingerprint density at radius 1 is 1.12 bits per heavy atom. The molecule has 2 rings (SSSR count). The number of imide groups is 1. The molecule has 0 spiro atoms. The summed E-state index contributed by atoms with van der Waals surface area (Å²) in [6.45, 7) is 3.47. The topological polar surface area (TPSA) is 57.6 Å². The Labute approximate surface area is 94.9 Å². The summed E-state index contributed by atoms with van der Waals surface area (Å²) in [7, 11) is 0. The summed E-state index contributed by atoms with van der Waals surface area (Å²) < 4.78 is 0. The molecule has 2 amide bonds. The molecule has 0 unspecified atom stereocenters. The van der Waals surface area contributed by atoms with E-state index in [-0.39, 0.29) is 18.4 Å². The second-order valence-electron chi connectivity index (χ2n) is 4.88. The fourth-order valence-electron chi connectivity index (χ4n) is 2.45. The van der Waals surface area contributed by atoms with E-state index in [2.05, 4.69) is 0 Å². The van der Waals surface area contributed by atoms with Crippen molar-refractivity contribution in [3.8, 4) is 0 Å². The highest BCUT2D eigenvalue weighted by Crippen LogP contribution is 2.32.